The Labute approximate surface area is 137 Å². The lowest BCUT2D eigenvalue weighted by Gasteiger charge is -2.04. The number of methoxy groups -OCH3 is 1. The van der Waals surface area contributed by atoms with Crippen LogP contribution in [0.1, 0.15) is 6.92 Å². The quantitative estimate of drug-likeness (QED) is 0.568. The molecule has 0 unspecified atom stereocenters. The molecular formula is C17H16N2O3S. The predicted molar refractivity (Wildman–Crippen MR) is 93.4 cm³/mol. The van der Waals surface area contributed by atoms with Crippen molar-refractivity contribution in [1.29, 1.82) is 0 Å². The molecule has 3 rings (SSSR count). The van der Waals surface area contributed by atoms with E-state index in [2.05, 4.69) is 16.9 Å². The fourth-order valence-corrected chi connectivity index (χ4v) is 2.87. The van der Waals surface area contributed by atoms with Crippen molar-refractivity contribution in [3.63, 3.8) is 0 Å². The number of nitrogens with one attached hydrogen (secondary N) is 1. The Kier molecular flexibility index (Phi) is 4.16. The molecule has 1 aromatic carbocycles. The van der Waals surface area contributed by atoms with Crippen molar-refractivity contribution >= 4 is 27.4 Å². The molecule has 0 bridgehead atoms. The van der Waals surface area contributed by atoms with E-state index in [-0.39, 0.29) is 0 Å². The zero-order valence-electron chi connectivity index (χ0n) is 12.9. The number of hydrogen-bond donors (Lipinski definition) is 1. The number of anilines is 1. The molecule has 2 aromatic heterocycles. The van der Waals surface area contributed by atoms with Gasteiger partial charge in [0.2, 0.25) is 0 Å². The maximum absolute atomic E-state index is 12.3. The van der Waals surface area contributed by atoms with Crippen LogP contribution in [0.5, 0.6) is 5.75 Å². The summed E-state index contributed by atoms with van der Waals surface area (Å²) in [5, 5.41) is 6.54. The molecule has 6 heteroatoms. The summed E-state index contributed by atoms with van der Waals surface area (Å²) >= 11 is 1.44. The van der Waals surface area contributed by atoms with Gasteiger partial charge in [-0.25, -0.2) is 9.78 Å². The molecule has 0 aliphatic carbocycles. The number of aromatic nitrogens is 1. The third-order valence-electron chi connectivity index (χ3n) is 3.27. The second kappa shape index (κ2) is 6.26. The van der Waals surface area contributed by atoms with Crippen LogP contribution >= 0.6 is 11.3 Å². The molecule has 2 heterocycles. The van der Waals surface area contributed by atoms with Gasteiger partial charge >= 0.3 is 5.63 Å². The summed E-state index contributed by atoms with van der Waals surface area (Å²) in [7, 11) is 1.54. The Hall–Kier alpha value is -2.60. The van der Waals surface area contributed by atoms with Crippen LogP contribution in [-0.4, -0.2) is 18.6 Å². The number of rotatable bonds is 5. The smallest absolute Gasteiger partial charge is 0.345 e. The van der Waals surface area contributed by atoms with E-state index in [4.69, 9.17) is 9.15 Å². The minimum atomic E-state index is -0.432. The number of para-hydroxylation sites is 1. The molecule has 0 radical (unpaired) electrons. The highest BCUT2D eigenvalue weighted by Crippen LogP contribution is 2.29. The number of thiazole rings is 1. The number of benzene rings is 1. The zero-order chi connectivity index (χ0) is 16.4. The van der Waals surface area contributed by atoms with Crippen LogP contribution in [0.3, 0.4) is 0 Å². The zero-order valence-corrected chi connectivity index (χ0v) is 13.7. The van der Waals surface area contributed by atoms with Gasteiger partial charge in [-0.1, -0.05) is 24.3 Å². The highest BCUT2D eigenvalue weighted by Gasteiger charge is 2.13. The van der Waals surface area contributed by atoms with Crippen molar-refractivity contribution < 1.29 is 9.15 Å². The molecule has 1 N–H and O–H groups in total. The van der Waals surface area contributed by atoms with E-state index >= 15 is 0 Å². The maximum atomic E-state index is 12.3. The van der Waals surface area contributed by atoms with E-state index in [1.165, 1.54) is 11.3 Å². The average molecular weight is 328 g/mol. The molecule has 0 fully saturated rings. The summed E-state index contributed by atoms with van der Waals surface area (Å²) in [5.74, 6) is 0.535. The van der Waals surface area contributed by atoms with Gasteiger partial charge in [0, 0.05) is 17.3 Å². The Morgan fingerprint density at radius 2 is 2.30 bits per heavy atom. The van der Waals surface area contributed by atoms with E-state index < -0.39 is 5.63 Å². The van der Waals surface area contributed by atoms with Gasteiger partial charge in [-0.05, 0) is 19.1 Å². The minimum Gasteiger partial charge on any atom is -0.493 e. The lowest BCUT2D eigenvalue weighted by Crippen LogP contribution is -2.04. The molecule has 118 valence electrons. The third kappa shape index (κ3) is 3.12. The monoisotopic (exact) mass is 328 g/mol. The topological polar surface area (TPSA) is 64.4 Å². The van der Waals surface area contributed by atoms with E-state index in [1.807, 2.05) is 24.4 Å². The largest absolute Gasteiger partial charge is 0.493 e. The normalized spacial score (nSPS) is 10.7. The average Bonchev–Trinajstić information content (AvgIpc) is 3.00. The summed E-state index contributed by atoms with van der Waals surface area (Å²) in [5.41, 5.74) is 2.06. The predicted octanol–water partition coefficient (Wildman–Crippen LogP) is 3.91. The Balaban J connectivity index is 2.02. The van der Waals surface area contributed by atoms with Gasteiger partial charge in [-0.3, -0.25) is 0 Å². The highest BCUT2D eigenvalue weighted by atomic mass is 32.1. The van der Waals surface area contributed by atoms with Crippen LogP contribution in [0.2, 0.25) is 0 Å². The molecule has 0 aliphatic rings. The molecule has 3 aromatic rings. The fraction of sp³-hybridized carbons (Fsp3) is 0.176. The third-order valence-corrected chi connectivity index (χ3v) is 4.07. The summed E-state index contributed by atoms with van der Waals surface area (Å²) in [6.07, 6.45) is 0. The van der Waals surface area contributed by atoms with Crippen LogP contribution in [0.25, 0.3) is 22.2 Å². The number of hydrogen-bond acceptors (Lipinski definition) is 6. The van der Waals surface area contributed by atoms with Crippen molar-refractivity contribution in [2.24, 2.45) is 0 Å². The lowest BCUT2D eigenvalue weighted by atomic mass is 10.1. The Morgan fingerprint density at radius 1 is 1.48 bits per heavy atom. The first-order chi connectivity index (χ1) is 11.1. The number of ether oxygens (including phenoxy) is 1. The van der Waals surface area contributed by atoms with Crippen molar-refractivity contribution in [2.45, 2.75) is 6.92 Å². The van der Waals surface area contributed by atoms with Crippen molar-refractivity contribution in [3.05, 3.63) is 52.2 Å². The van der Waals surface area contributed by atoms with Gasteiger partial charge in [0.1, 0.15) is 0 Å². The van der Waals surface area contributed by atoms with Gasteiger partial charge < -0.3 is 14.5 Å². The molecule has 0 atom stereocenters. The minimum absolute atomic E-state index is 0.432. The van der Waals surface area contributed by atoms with E-state index in [0.717, 1.165) is 16.1 Å². The van der Waals surface area contributed by atoms with Crippen LogP contribution in [0.15, 0.2) is 51.0 Å². The van der Waals surface area contributed by atoms with Gasteiger partial charge in [0.15, 0.2) is 16.5 Å². The SMILES string of the molecule is C=C(C)CNc1nc(-c2cc3cccc(OC)c3oc2=O)cs1. The molecular weight excluding hydrogens is 312 g/mol. The lowest BCUT2D eigenvalue weighted by molar-refractivity contribution is 0.407. The fourth-order valence-electron chi connectivity index (χ4n) is 2.16. The van der Waals surface area contributed by atoms with Crippen LogP contribution in [0.4, 0.5) is 5.13 Å². The van der Waals surface area contributed by atoms with Crippen molar-refractivity contribution in [1.82, 2.24) is 4.98 Å². The molecule has 0 amide bonds. The van der Waals surface area contributed by atoms with Crippen LogP contribution < -0.4 is 15.7 Å². The maximum Gasteiger partial charge on any atom is 0.345 e. The molecule has 5 nitrogen and oxygen atoms in total. The molecule has 0 saturated heterocycles. The summed E-state index contributed by atoms with van der Waals surface area (Å²) in [6, 6.07) is 7.26. The van der Waals surface area contributed by atoms with Gasteiger partial charge in [0.25, 0.3) is 0 Å². The van der Waals surface area contributed by atoms with E-state index in [9.17, 15) is 4.79 Å². The number of nitrogens with zero attached hydrogens (tertiary/aromatic N) is 1. The van der Waals surface area contributed by atoms with Crippen molar-refractivity contribution in [2.75, 3.05) is 19.0 Å². The van der Waals surface area contributed by atoms with Gasteiger partial charge in [0.05, 0.1) is 18.4 Å². The summed E-state index contributed by atoms with van der Waals surface area (Å²) in [4.78, 5) is 16.7. The number of fused-ring (bicyclic) bond motifs is 1. The second-order valence-corrected chi connectivity index (χ2v) is 6.03. The first-order valence-electron chi connectivity index (χ1n) is 7.03. The van der Waals surface area contributed by atoms with Crippen LogP contribution in [0, 0.1) is 0 Å². The first kappa shape index (κ1) is 15.3. The highest BCUT2D eigenvalue weighted by molar-refractivity contribution is 7.14. The van der Waals surface area contributed by atoms with Gasteiger partial charge in [-0.2, -0.15) is 0 Å². The standard InChI is InChI=1S/C17H16N2O3S/c1-10(2)8-18-17-19-13(9-23-17)12-7-11-5-4-6-14(21-3)15(11)22-16(12)20/h4-7,9H,1,8H2,2-3H3,(H,18,19). The Morgan fingerprint density at radius 3 is 3.04 bits per heavy atom. The first-order valence-corrected chi connectivity index (χ1v) is 7.91. The molecule has 23 heavy (non-hydrogen) atoms. The van der Waals surface area contributed by atoms with Crippen LogP contribution in [-0.2, 0) is 0 Å². The molecule has 0 saturated carbocycles. The summed E-state index contributed by atoms with van der Waals surface area (Å²) in [6.45, 7) is 6.42. The molecule has 0 aliphatic heterocycles. The van der Waals surface area contributed by atoms with Gasteiger partial charge in [-0.15, -0.1) is 11.3 Å². The van der Waals surface area contributed by atoms with E-state index in [1.54, 1.807) is 19.2 Å². The molecule has 0 spiro atoms. The van der Waals surface area contributed by atoms with Crippen molar-refractivity contribution in [3.8, 4) is 17.0 Å². The summed E-state index contributed by atoms with van der Waals surface area (Å²) < 4.78 is 10.6. The Bertz CT molecular complexity index is 927. The second-order valence-electron chi connectivity index (χ2n) is 5.17. The van der Waals surface area contributed by atoms with E-state index in [0.29, 0.717) is 29.1 Å².